The average Bonchev–Trinajstić information content (AvgIpc) is 2.74. The highest BCUT2D eigenvalue weighted by molar-refractivity contribution is 5.89. The molecule has 0 radical (unpaired) electrons. The van der Waals surface area contributed by atoms with Crippen molar-refractivity contribution < 1.29 is 14.4 Å². The van der Waals surface area contributed by atoms with Gasteiger partial charge in [0.25, 0.3) is 0 Å². The van der Waals surface area contributed by atoms with E-state index in [2.05, 4.69) is 10.6 Å². The van der Waals surface area contributed by atoms with Crippen LogP contribution in [0.2, 0.25) is 0 Å². The zero-order chi connectivity index (χ0) is 20.5. The third kappa shape index (κ3) is 6.25. The van der Waals surface area contributed by atoms with Crippen molar-refractivity contribution in [2.45, 2.75) is 45.6 Å². The number of nitrogens with zero attached hydrogens (tertiary/aromatic N) is 2. The number of nitrogens with one attached hydrogen (secondary N) is 2. The zero-order valence-electron chi connectivity index (χ0n) is 17.1. The first-order valence-corrected chi connectivity index (χ1v) is 10.1. The van der Waals surface area contributed by atoms with E-state index in [-0.39, 0.29) is 36.2 Å². The van der Waals surface area contributed by atoms with Crippen molar-refractivity contribution in [3.8, 4) is 0 Å². The van der Waals surface area contributed by atoms with Crippen LogP contribution in [0.25, 0.3) is 0 Å². The molecule has 0 spiro atoms. The number of hydrogen-bond donors (Lipinski definition) is 2. The van der Waals surface area contributed by atoms with Gasteiger partial charge in [-0.15, -0.1) is 0 Å². The second kappa shape index (κ2) is 10.7. The smallest absolute Gasteiger partial charge is 0.319 e. The molecular formula is C21H32N4O3. The van der Waals surface area contributed by atoms with Crippen LogP contribution in [0, 0.1) is 5.92 Å². The molecule has 1 aliphatic rings. The van der Waals surface area contributed by atoms with Crippen LogP contribution in [-0.2, 0) is 9.59 Å². The lowest BCUT2D eigenvalue weighted by Crippen LogP contribution is -2.45. The number of rotatable bonds is 5. The maximum absolute atomic E-state index is 12.7. The standard InChI is InChI=1S/C21H32N4O3/c1-4-25(5-2)20(27)16-10-9-13-18(15-24(3)19(26)14-16)23-21(28)22-17-11-7-6-8-12-17/h6-8,11-12,16,18H,4-5,9-10,13-15H2,1-3H3,(H2,22,23,28). The molecule has 2 atom stereocenters. The van der Waals surface area contributed by atoms with Gasteiger partial charge < -0.3 is 20.4 Å². The van der Waals surface area contributed by atoms with Gasteiger partial charge in [-0.3, -0.25) is 9.59 Å². The predicted molar refractivity (Wildman–Crippen MR) is 110 cm³/mol. The summed E-state index contributed by atoms with van der Waals surface area (Å²) in [4.78, 5) is 41.0. The van der Waals surface area contributed by atoms with Gasteiger partial charge in [-0.1, -0.05) is 24.6 Å². The molecule has 0 aliphatic carbocycles. The number of hydrogen-bond acceptors (Lipinski definition) is 3. The molecule has 0 aromatic heterocycles. The molecule has 1 saturated heterocycles. The molecule has 28 heavy (non-hydrogen) atoms. The molecule has 2 N–H and O–H groups in total. The molecule has 7 nitrogen and oxygen atoms in total. The number of urea groups is 1. The Morgan fingerprint density at radius 3 is 2.46 bits per heavy atom. The zero-order valence-corrected chi connectivity index (χ0v) is 17.1. The number of amides is 4. The van der Waals surface area contributed by atoms with E-state index in [1.807, 2.05) is 44.2 Å². The Morgan fingerprint density at radius 2 is 1.82 bits per heavy atom. The van der Waals surface area contributed by atoms with E-state index in [1.54, 1.807) is 16.8 Å². The highest BCUT2D eigenvalue weighted by Gasteiger charge is 2.29. The van der Waals surface area contributed by atoms with Crippen molar-refractivity contribution in [1.82, 2.24) is 15.1 Å². The van der Waals surface area contributed by atoms with Crippen molar-refractivity contribution in [2.75, 3.05) is 32.0 Å². The van der Waals surface area contributed by atoms with Crippen LogP contribution < -0.4 is 10.6 Å². The molecular weight excluding hydrogens is 356 g/mol. The molecule has 154 valence electrons. The first kappa shape index (κ1) is 21.7. The second-order valence-corrected chi connectivity index (χ2v) is 7.28. The van der Waals surface area contributed by atoms with Crippen LogP contribution in [0.15, 0.2) is 30.3 Å². The van der Waals surface area contributed by atoms with Crippen LogP contribution in [0.5, 0.6) is 0 Å². The number of anilines is 1. The van der Waals surface area contributed by atoms with E-state index in [0.29, 0.717) is 26.1 Å². The summed E-state index contributed by atoms with van der Waals surface area (Å²) in [6.07, 6.45) is 2.40. The third-order valence-electron chi connectivity index (χ3n) is 5.24. The predicted octanol–water partition coefficient (Wildman–Crippen LogP) is 2.69. The van der Waals surface area contributed by atoms with Gasteiger partial charge in [0.15, 0.2) is 0 Å². The van der Waals surface area contributed by atoms with Crippen molar-refractivity contribution in [1.29, 1.82) is 0 Å². The molecule has 2 unspecified atom stereocenters. The van der Waals surface area contributed by atoms with E-state index < -0.39 is 0 Å². The molecule has 1 aliphatic heterocycles. The molecule has 2 rings (SSSR count). The van der Waals surface area contributed by atoms with Crippen LogP contribution in [0.3, 0.4) is 0 Å². The quantitative estimate of drug-likeness (QED) is 0.814. The van der Waals surface area contributed by atoms with Crippen molar-refractivity contribution in [2.24, 2.45) is 5.92 Å². The van der Waals surface area contributed by atoms with E-state index in [0.717, 1.165) is 18.5 Å². The van der Waals surface area contributed by atoms with Crippen LogP contribution in [0.1, 0.15) is 39.5 Å². The van der Waals surface area contributed by atoms with E-state index in [1.165, 1.54) is 0 Å². The lowest BCUT2D eigenvalue weighted by Gasteiger charge is -2.26. The number of carbonyl (C=O) groups is 3. The lowest BCUT2D eigenvalue weighted by molar-refractivity contribution is -0.140. The Labute approximate surface area is 167 Å². The fourth-order valence-electron chi connectivity index (χ4n) is 3.60. The van der Waals surface area contributed by atoms with E-state index in [9.17, 15) is 14.4 Å². The minimum absolute atomic E-state index is 0.0531. The molecule has 0 saturated carbocycles. The van der Waals surface area contributed by atoms with Gasteiger partial charge in [-0.05, 0) is 38.8 Å². The normalized spacial score (nSPS) is 20.5. The summed E-state index contributed by atoms with van der Waals surface area (Å²) >= 11 is 0. The fourth-order valence-corrected chi connectivity index (χ4v) is 3.60. The SMILES string of the molecule is CCN(CC)C(=O)C1CCCC(NC(=O)Nc2ccccc2)CN(C)C(=O)C1. The number of para-hydroxylation sites is 1. The molecule has 7 heteroatoms. The summed E-state index contributed by atoms with van der Waals surface area (Å²) < 4.78 is 0. The Bertz CT molecular complexity index is 661. The van der Waals surface area contributed by atoms with Gasteiger partial charge in [0.2, 0.25) is 11.8 Å². The largest absolute Gasteiger partial charge is 0.344 e. The highest BCUT2D eigenvalue weighted by atomic mass is 16.2. The van der Waals surface area contributed by atoms with Gasteiger partial charge in [0, 0.05) is 50.7 Å². The molecule has 1 aromatic carbocycles. The summed E-state index contributed by atoms with van der Waals surface area (Å²) in [6, 6.07) is 8.80. The highest BCUT2D eigenvalue weighted by Crippen LogP contribution is 2.21. The lowest BCUT2D eigenvalue weighted by atomic mass is 9.95. The second-order valence-electron chi connectivity index (χ2n) is 7.28. The van der Waals surface area contributed by atoms with Crippen molar-refractivity contribution in [3.63, 3.8) is 0 Å². The van der Waals surface area contributed by atoms with Gasteiger partial charge in [0.05, 0.1) is 0 Å². The fraction of sp³-hybridized carbons (Fsp3) is 0.571. The number of likely N-dealkylation sites (N-methyl/N-ethyl adjacent to an activating group) is 1. The summed E-state index contributed by atoms with van der Waals surface area (Å²) in [7, 11) is 1.73. The first-order chi connectivity index (χ1) is 13.4. The summed E-state index contributed by atoms with van der Waals surface area (Å²) in [5, 5.41) is 5.77. The van der Waals surface area contributed by atoms with Gasteiger partial charge >= 0.3 is 6.03 Å². The monoisotopic (exact) mass is 388 g/mol. The van der Waals surface area contributed by atoms with Crippen LogP contribution >= 0.6 is 0 Å². The van der Waals surface area contributed by atoms with Crippen molar-refractivity contribution >= 4 is 23.5 Å². The minimum Gasteiger partial charge on any atom is -0.344 e. The maximum Gasteiger partial charge on any atom is 0.319 e. The summed E-state index contributed by atoms with van der Waals surface area (Å²) in [5.74, 6) is -0.283. The Kier molecular flexibility index (Phi) is 8.29. The van der Waals surface area contributed by atoms with Crippen molar-refractivity contribution in [3.05, 3.63) is 30.3 Å². The number of carbonyl (C=O) groups excluding carboxylic acids is 3. The average molecular weight is 389 g/mol. The van der Waals surface area contributed by atoms with E-state index >= 15 is 0 Å². The maximum atomic E-state index is 12.7. The summed E-state index contributed by atoms with van der Waals surface area (Å²) in [6.45, 7) is 5.65. The van der Waals surface area contributed by atoms with E-state index in [4.69, 9.17) is 0 Å². The Balaban J connectivity index is 1.98. The van der Waals surface area contributed by atoms with Gasteiger partial charge in [-0.25, -0.2) is 4.79 Å². The molecule has 4 amide bonds. The van der Waals surface area contributed by atoms with Gasteiger partial charge in [0.1, 0.15) is 0 Å². The molecule has 1 fully saturated rings. The number of benzene rings is 1. The topological polar surface area (TPSA) is 81.8 Å². The van der Waals surface area contributed by atoms with Gasteiger partial charge in [-0.2, -0.15) is 0 Å². The van der Waals surface area contributed by atoms with Crippen LogP contribution in [-0.4, -0.2) is 60.4 Å². The Morgan fingerprint density at radius 1 is 1.14 bits per heavy atom. The Hall–Kier alpha value is -2.57. The third-order valence-corrected chi connectivity index (χ3v) is 5.24. The minimum atomic E-state index is -0.285. The molecule has 1 aromatic rings. The first-order valence-electron chi connectivity index (χ1n) is 10.1. The van der Waals surface area contributed by atoms with Crippen LogP contribution in [0.4, 0.5) is 10.5 Å². The summed E-state index contributed by atoms with van der Waals surface area (Å²) in [5.41, 5.74) is 0.720. The molecule has 0 bridgehead atoms. The molecule has 1 heterocycles.